The first kappa shape index (κ1) is 13.6. The number of nitrogens with zero attached hydrogens (tertiary/aromatic N) is 1. The Kier molecular flexibility index (Phi) is 4.86. The summed E-state index contributed by atoms with van der Waals surface area (Å²) >= 11 is 3.50. The first-order valence-electron chi connectivity index (χ1n) is 6.19. The lowest BCUT2D eigenvalue weighted by atomic mass is 10.2. The van der Waals surface area contributed by atoms with Crippen molar-refractivity contribution in [3.05, 3.63) is 22.7 Å². The number of ether oxygens (including phenoxy) is 1. The van der Waals surface area contributed by atoms with Crippen LogP contribution in [0.3, 0.4) is 0 Å². The summed E-state index contributed by atoms with van der Waals surface area (Å²) in [4.78, 5) is 2.39. The maximum Gasteiger partial charge on any atom is 0.133 e. The highest BCUT2D eigenvalue weighted by Gasteiger charge is 2.17. The molecule has 4 nitrogen and oxygen atoms in total. The molecule has 1 unspecified atom stereocenters. The summed E-state index contributed by atoms with van der Waals surface area (Å²) in [6.07, 6.45) is 0. The Labute approximate surface area is 117 Å². The van der Waals surface area contributed by atoms with Crippen molar-refractivity contribution < 1.29 is 4.74 Å². The van der Waals surface area contributed by atoms with E-state index in [0.29, 0.717) is 6.04 Å². The van der Waals surface area contributed by atoms with Crippen molar-refractivity contribution in [3.63, 3.8) is 0 Å². The lowest BCUT2D eigenvalue weighted by Crippen LogP contribution is -2.52. The number of anilines is 1. The van der Waals surface area contributed by atoms with Gasteiger partial charge in [0, 0.05) is 37.9 Å². The van der Waals surface area contributed by atoms with Gasteiger partial charge in [0.15, 0.2) is 0 Å². The van der Waals surface area contributed by atoms with Crippen LogP contribution in [-0.2, 0) is 0 Å². The van der Waals surface area contributed by atoms with E-state index in [9.17, 15) is 0 Å². The molecule has 0 bridgehead atoms. The molecule has 1 aliphatic heterocycles. The highest BCUT2D eigenvalue weighted by Crippen LogP contribution is 2.27. The maximum absolute atomic E-state index is 5.22. The third-order valence-corrected chi connectivity index (χ3v) is 3.96. The molecule has 1 heterocycles. The maximum atomic E-state index is 5.22. The van der Waals surface area contributed by atoms with E-state index >= 15 is 0 Å². The second-order valence-corrected chi connectivity index (χ2v) is 5.42. The zero-order valence-corrected chi connectivity index (χ0v) is 12.5. The van der Waals surface area contributed by atoms with Gasteiger partial charge >= 0.3 is 0 Å². The Morgan fingerprint density at radius 1 is 1.56 bits per heavy atom. The lowest BCUT2D eigenvalue weighted by molar-refractivity contribution is 0.209. The van der Waals surface area contributed by atoms with Gasteiger partial charge in [-0.25, -0.2) is 0 Å². The molecular formula is C13H20BrN3O. The van der Waals surface area contributed by atoms with Crippen molar-refractivity contribution in [2.24, 2.45) is 0 Å². The molecule has 1 atom stereocenters. The van der Waals surface area contributed by atoms with Crippen LogP contribution in [0.2, 0.25) is 0 Å². The van der Waals surface area contributed by atoms with E-state index in [1.165, 1.54) is 0 Å². The van der Waals surface area contributed by atoms with Crippen molar-refractivity contribution in [1.29, 1.82) is 0 Å². The second kappa shape index (κ2) is 6.41. The summed E-state index contributed by atoms with van der Waals surface area (Å²) in [5.74, 6) is 0.858. The quantitative estimate of drug-likeness (QED) is 0.888. The normalized spacial score (nSPS) is 20.7. The zero-order valence-electron chi connectivity index (χ0n) is 10.9. The molecule has 5 heteroatoms. The SMILES string of the molecule is COc1ccc(NCC2CNCCN2C)cc1Br. The van der Waals surface area contributed by atoms with Crippen molar-refractivity contribution in [2.45, 2.75) is 6.04 Å². The Balaban J connectivity index is 1.91. The fourth-order valence-corrected chi connectivity index (χ4v) is 2.64. The van der Waals surface area contributed by atoms with Gasteiger partial charge in [-0.2, -0.15) is 0 Å². The van der Waals surface area contributed by atoms with Crippen LogP contribution in [0.5, 0.6) is 5.75 Å². The number of piperazine rings is 1. The zero-order chi connectivity index (χ0) is 13.0. The summed E-state index contributed by atoms with van der Waals surface area (Å²) in [7, 11) is 3.85. The Morgan fingerprint density at radius 2 is 2.39 bits per heavy atom. The highest BCUT2D eigenvalue weighted by atomic mass is 79.9. The summed E-state index contributed by atoms with van der Waals surface area (Å²) in [6, 6.07) is 6.60. The van der Waals surface area contributed by atoms with E-state index in [4.69, 9.17) is 4.74 Å². The van der Waals surface area contributed by atoms with Gasteiger partial charge in [-0.05, 0) is 41.2 Å². The molecule has 1 fully saturated rings. The molecule has 1 aliphatic rings. The Morgan fingerprint density at radius 3 is 3.06 bits per heavy atom. The Hall–Kier alpha value is -0.780. The number of hydrogen-bond acceptors (Lipinski definition) is 4. The predicted molar refractivity (Wildman–Crippen MR) is 78.5 cm³/mol. The minimum atomic E-state index is 0.541. The molecule has 0 saturated carbocycles. The molecule has 2 N–H and O–H groups in total. The number of hydrogen-bond donors (Lipinski definition) is 2. The third kappa shape index (κ3) is 3.37. The smallest absolute Gasteiger partial charge is 0.133 e. The fraction of sp³-hybridized carbons (Fsp3) is 0.538. The van der Waals surface area contributed by atoms with Gasteiger partial charge in [0.2, 0.25) is 0 Å². The summed E-state index contributed by atoms with van der Waals surface area (Å²) in [5.41, 5.74) is 1.11. The number of methoxy groups -OCH3 is 1. The van der Waals surface area contributed by atoms with Crippen molar-refractivity contribution in [3.8, 4) is 5.75 Å². The largest absolute Gasteiger partial charge is 0.496 e. The van der Waals surface area contributed by atoms with Crippen LogP contribution in [0, 0.1) is 0 Å². The minimum Gasteiger partial charge on any atom is -0.496 e. The molecule has 1 saturated heterocycles. The van der Waals surface area contributed by atoms with E-state index in [1.54, 1.807) is 7.11 Å². The van der Waals surface area contributed by atoms with E-state index in [2.05, 4.69) is 44.6 Å². The second-order valence-electron chi connectivity index (χ2n) is 4.57. The van der Waals surface area contributed by atoms with Crippen LogP contribution in [0.1, 0.15) is 0 Å². The van der Waals surface area contributed by atoms with Crippen LogP contribution in [-0.4, -0.2) is 51.3 Å². The molecule has 0 spiro atoms. The monoisotopic (exact) mass is 313 g/mol. The van der Waals surface area contributed by atoms with E-state index in [1.807, 2.05) is 12.1 Å². The predicted octanol–water partition coefficient (Wildman–Crippen LogP) is 1.77. The third-order valence-electron chi connectivity index (χ3n) is 3.34. The molecule has 0 aliphatic carbocycles. The molecule has 0 amide bonds. The van der Waals surface area contributed by atoms with Gasteiger partial charge in [-0.3, -0.25) is 4.90 Å². The summed E-state index contributed by atoms with van der Waals surface area (Å²) in [6.45, 7) is 4.18. The molecule has 2 rings (SSSR count). The Bertz CT molecular complexity index is 400. The standard InChI is InChI=1S/C13H20BrN3O/c1-17-6-5-15-8-11(17)9-16-10-3-4-13(18-2)12(14)7-10/h3-4,7,11,15-16H,5-6,8-9H2,1-2H3. The molecule has 100 valence electrons. The van der Waals surface area contributed by atoms with Gasteiger partial charge in [0.25, 0.3) is 0 Å². The summed E-state index contributed by atoms with van der Waals surface area (Å²) in [5, 5.41) is 6.89. The number of benzene rings is 1. The highest BCUT2D eigenvalue weighted by molar-refractivity contribution is 9.10. The van der Waals surface area contributed by atoms with Gasteiger partial charge in [0.1, 0.15) is 5.75 Å². The molecule has 18 heavy (non-hydrogen) atoms. The first-order valence-corrected chi connectivity index (χ1v) is 6.98. The van der Waals surface area contributed by atoms with Crippen molar-refractivity contribution in [2.75, 3.05) is 45.7 Å². The molecule has 0 aromatic heterocycles. The lowest BCUT2D eigenvalue weighted by Gasteiger charge is -2.33. The van der Waals surface area contributed by atoms with Crippen LogP contribution < -0.4 is 15.4 Å². The van der Waals surface area contributed by atoms with E-state index in [0.717, 1.165) is 42.1 Å². The number of nitrogens with one attached hydrogen (secondary N) is 2. The van der Waals surface area contributed by atoms with Gasteiger partial charge in [0.05, 0.1) is 11.6 Å². The average Bonchev–Trinajstić information content (AvgIpc) is 2.38. The van der Waals surface area contributed by atoms with E-state index in [-0.39, 0.29) is 0 Å². The van der Waals surface area contributed by atoms with Crippen LogP contribution in [0.4, 0.5) is 5.69 Å². The van der Waals surface area contributed by atoms with Crippen molar-refractivity contribution in [1.82, 2.24) is 10.2 Å². The molecular weight excluding hydrogens is 294 g/mol. The van der Waals surface area contributed by atoms with Crippen LogP contribution >= 0.6 is 15.9 Å². The van der Waals surface area contributed by atoms with E-state index < -0.39 is 0 Å². The number of rotatable bonds is 4. The molecule has 1 aromatic rings. The molecule has 0 radical (unpaired) electrons. The minimum absolute atomic E-state index is 0.541. The van der Waals surface area contributed by atoms with Gasteiger partial charge in [-0.1, -0.05) is 0 Å². The van der Waals surface area contributed by atoms with Crippen LogP contribution in [0.25, 0.3) is 0 Å². The number of likely N-dealkylation sites (N-methyl/N-ethyl adjacent to an activating group) is 1. The van der Waals surface area contributed by atoms with Crippen LogP contribution in [0.15, 0.2) is 22.7 Å². The van der Waals surface area contributed by atoms with Gasteiger partial charge < -0.3 is 15.4 Å². The topological polar surface area (TPSA) is 36.5 Å². The van der Waals surface area contributed by atoms with Crippen molar-refractivity contribution >= 4 is 21.6 Å². The fourth-order valence-electron chi connectivity index (χ4n) is 2.10. The first-order chi connectivity index (χ1) is 8.70. The summed E-state index contributed by atoms with van der Waals surface area (Å²) < 4.78 is 6.20. The van der Waals surface area contributed by atoms with Gasteiger partial charge in [-0.15, -0.1) is 0 Å². The average molecular weight is 314 g/mol. The number of halogens is 1. The molecule has 1 aromatic carbocycles.